The summed E-state index contributed by atoms with van der Waals surface area (Å²) < 4.78 is 34.0. The zero-order valence-corrected chi connectivity index (χ0v) is 25.0. The van der Waals surface area contributed by atoms with E-state index in [1.807, 2.05) is 0 Å². The molecule has 0 aliphatic carbocycles. The van der Waals surface area contributed by atoms with Crippen molar-refractivity contribution in [1.29, 1.82) is 0 Å². The molecule has 3 N–H and O–H groups in total. The summed E-state index contributed by atoms with van der Waals surface area (Å²) in [4.78, 5) is 51.3. The molecule has 13 nitrogen and oxygen atoms in total. The lowest BCUT2D eigenvalue weighted by Crippen LogP contribution is -2.53. The number of rotatable bonds is 9. The molecule has 6 atom stereocenters. The van der Waals surface area contributed by atoms with Crippen molar-refractivity contribution >= 4 is 41.0 Å². The highest BCUT2D eigenvalue weighted by atomic mass is 32.1. The number of furan rings is 1. The Labute approximate surface area is 247 Å². The van der Waals surface area contributed by atoms with Crippen LogP contribution in [-0.2, 0) is 33.3 Å². The summed E-state index contributed by atoms with van der Waals surface area (Å²) in [6, 6.07) is 2.10. The second kappa shape index (κ2) is 13.0. The Morgan fingerprint density at radius 3 is 2.02 bits per heavy atom. The lowest BCUT2D eigenvalue weighted by atomic mass is 10.1. The first kappa shape index (κ1) is 31.2. The molecule has 2 aromatic rings. The molecule has 4 rings (SSSR count). The van der Waals surface area contributed by atoms with Gasteiger partial charge in [-0.3, -0.25) is 14.4 Å². The quantitative estimate of drug-likeness (QED) is 0.165. The number of esters is 3. The van der Waals surface area contributed by atoms with Crippen LogP contribution in [0.4, 0.5) is 0 Å². The molecule has 2 saturated heterocycles. The van der Waals surface area contributed by atoms with Gasteiger partial charge < -0.3 is 43.7 Å². The van der Waals surface area contributed by atoms with Crippen molar-refractivity contribution in [2.45, 2.75) is 78.0 Å². The van der Waals surface area contributed by atoms with Crippen molar-refractivity contribution in [3.8, 4) is 0 Å². The van der Waals surface area contributed by atoms with Gasteiger partial charge in [0, 0.05) is 30.8 Å². The number of nitrogens with one attached hydrogen (secondary N) is 3. The van der Waals surface area contributed by atoms with Gasteiger partial charge >= 0.3 is 17.9 Å². The molecule has 0 bridgehead atoms. The Morgan fingerprint density at radius 2 is 1.50 bits per heavy atom. The standard InChI is InChI=1S/C28H35N3O10S/c1-7-36-27(35)18-9-22(39-14(18)4)26-25(41-16(6)34)21(11-38-26)31-28(42)30-20-10-37-23(24(20)40-15(5)33)19-8-17(13(3)32)12(2)29-19/h8-9,20-21,23-26,29H,7,10-11H2,1-6H3,(H2,30,31,42)/t20-,21-,23-,24+,25+,26-/m0/s1. The van der Waals surface area contributed by atoms with Crippen molar-refractivity contribution in [3.05, 3.63) is 46.2 Å². The Hall–Kier alpha value is -3.75. The van der Waals surface area contributed by atoms with E-state index in [1.54, 1.807) is 26.8 Å². The van der Waals surface area contributed by atoms with E-state index in [0.717, 1.165) is 0 Å². The number of aryl methyl sites for hydroxylation is 2. The number of ether oxygens (including phenoxy) is 5. The second-order valence-electron chi connectivity index (χ2n) is 10.1. The summed E-state index contributed by atoms with van der Waals surface area (Å²) in [7, 11) is 0. The van der Waals surface area contributed by atoms with Gasteiger partial charge in [-0.25, -0.2) is 4.79 Å². The molecule has 2 aliphatic heterocycles. The van der Waals surface area contributed by atoms with Crippen LogP contribution in [0.2, 0.25) is 0 Å². The fourth-order valence-electron chi connectivity index (χ4n) is 5.18. The molecule has 0 aromatic carbocycles. The van der Waals surface area contributed by atoms with Crippen LogP contribution < -0.4 is 10.6 Å². The summed E-state index contributed by atoms with van der Waals surface area (Å²) in [5.41, 5.74) is 2.07. The van der Waals surface area contributed by atoms with E-state index >= 15 is 0 Å². The lowest BCUT2D eigenvalue weighted by Gasteiger charge is -2.27. The number of aromatic amines is 1. The molecule has 42 heavy (non-hydrogen) atoms. The Kier molecular flexibility index (Phi) is 9.69. The maximum atomic E-state index is 12.3. The highest BCUT2D eigenvalue weighted by Gasteiger charge is 2.45. The number of ketones is 1. The summed E-state index contributed by atoms with van der Waals surface area (Å²) >= 11 is 5.57. The van der Waals surface area contributed by atoms with Crippen LogP contribution in [0.3, 0.4) is 0 Å². The second-order valence-corrected chi connectivity index (χ2v) is 10.6. The summed E-state index contributed by atoms with van der Waals surface area (Å²) in [6.45, 7) is 9.63. The van der Waals surface area contributed by atoms with Crippen LogP contribution in [0.25, 0.3) is 0 Å². The molecule has 0 spiro atoms. The monoisotopic (exact) mass is 605 g/mol. The topological polar surface area (TPSA) is 167 Å². The minimum absolute atomic E-state index is 0.0988. The largest absolute Gasteiger partial charge is 0.463 e. The number of hydrogen-bond acceptors (Lipinski definition) is 11. The molecular formula is C28H35N3O10S. The molecule has 0 radical (unpaired) electrons. The lowest BCUT2D eigenvalue weighted by molar-refractivity contribution is -0.150. The maximum Gasteiger partial charge on any atom is 0.341 e. The molecule has 0 unspecified atom stereocenters. The van der Waals surface area contributed by atoms with Crippen molar-refractivity contribution in [2.24, 2.45) is 0 Å². The molecule has 228 valence electrons. The first-order valence-corrected chi connectivity index (χ1v) is 13.9. The van der Waals surface area contributed by atoms with Gasteiger partial charge in [0.05, 0.1) is 31.9 Å². The van der Waals surface area contributed by atoms with E-state index in [-0.39, 0.29) is 36.3 Å². The summed E-state index contributed by atoms with van der Waals surface area (Å²) in [5, 5.41) is 6.43. The fraction of sp³-hybridized carbons (Fsp3) is 0.536. The van der Waals surface area contributed by atoms with E-state index in [4.69, 9.17) is 40.3 Å². The van der Waals surface area contributed by atoms with Gasteiger partial charge in [-0.05, 0) is 52.0 Å². The molecule has 14 heteroatoms. The van der Waals surface area contributed by atoms with Crippen LogP contribution >= 0.6 is 12.2 Å². The van der Waals surface area contributed by atoms with E-state index in [9.17, 15) is 19.2 Å². The Bertz CT molecular complexity index is 1370. The fourth-order valence-corrected chi connectivity index (χ4v) is 5.49. The Morgan fingerprint density at radius 1 is 0.929 bits per heavy atom. The maximum absolute atomic E-state index is 12.3. The number of thiocarbonyl (C=S) groups is 1. The van der Waals surface area contributed by atoms with Crippen LogP contribution in [0, 0.1) is 13.8 Å². The van der Waals surface area contributed by atoms with Crippen molar-refractivity contribution in [2.75, 3.05) is 19.8 Å². The zero-order chi connectivity index (χ0) is 30.7. The van der Waals surface area contributed by atoms with Crippen LogP contribution in [-0.4, -0.2) is 77.9 Å². The first-order chi connectivity index (χ1) is 19.9. The first-order valence-electron chi connectivity index (χ1n) is 13.5. The number of H-pyrrole nitrogens is 1. The minimum Gasteiger partial charge on any atom is -0.463 e. The number of aromatic nitrogens is 1. The van der Waals surface area contributed by atoms with E-state index in [1.165, 1.54) is 26.8 Å². The minimum atomic E-state index is -0.841. The molecule has 2 aromatic heterocycles. The van der Waals surface area contributed by atoms with Crippen LogP contribution in [0.1, 0.15) is 83.5 Å². The number of Topliss-reactive ketones (excluding diaryl/α,β-unsaturated/α-hetero) is 1. The van der Waals surface area contributed by atoms with Gasteiger partial charge in [0.2, 0.25) is 0 Å². The third-order valence-electron chi connectivity index (χ3n) is 6.97. The predicted molar refractivity (Wildman–Crippen MR) is 150 cm³/mol. The van der Waals surface area contributed by atoms with Gasteiger partial charge in [-0.15, -0.1) is 0 Å². The van der Waals surface area contributed by atoms with Crippen LogP contribution in [0.5, 0.6) is 0 Å². The predicted octanol–water partition coefficient (Wildman–Crippen LogP) is 2.51. The highest BCUT2D eigenvalue weighted by molar-refractivity contribution is 7.80. The molecule has 2 aliphatic rings. The third-order valence-corrected chi connectivity index (χ3v) is 7.21. The average Bonchev–Trinajstić information content (AvgIpc) is 3.66. The zero-order valence-electron chi connectivity index (χ0n) is 24.2. The van der Waals surface area contributed by atoms with E-state index in [2.05, 4.69) is 15.6 Å². The van der Waals surface area contributed by atoms with E-state index < -0.39 is 54.4 Å². The third kappa shape index (κ3) is 6.82. The normalized spacial score (nSPS) is 25.1. The number of hydrogen-bond donors (Lipinski definition) is 3. The van der Waals surface area contributed by atoms with Crippen molar-refractivity contribution < 1.29 is 47.3 Å². The molecular weight excluding hydrogens is 570 g/mol. The smallest absolute Gasteiger partial charge is 0.341 e. The average molecular weight is 606 g/mol. The molecule has 0 saturated carbocycles. The number of carbonyl (C=O) groups is 4. The summed E-state index contributed by atoms with van der Waals surface area (Å²) in [5.74, 6) is -1.02. The number of carbonyl (C=O) groups excluding carboxylic acids is 4. The highest BCUT2D eigenvalue weighted by Crippen LogP contribution is 2.35. The van der Waals surface area contributed by atoms with Gasteiger partial charge in [0.1, 0.15) is 23.2 Å². The van der Waals surface area contributed by atoms with Gasteiger partial charge in [0.15, 0.2) is 29.2 Å². The van der Waals surface area contributed by atoms with Crippen molar-refractivity contribution in [1.82, 2.24) is 15.6 Å². The molecule has 0 amide bonds. The van der Waals surface area contributed by atoms with Gasteiger partial charge in [-0.1, -0.05) is 0 Å². The van der Waals surface area contributed by atoms with Crippen molar-refractivity contribution in [3.63, 3.8) is 0 Å². The van der Waals surface area contributed by atoms with Gasteiger partial charge in [0.25, 0.3) is 0 Å². The summed E-state index contributed by atoms with van der Waals surface area (Å²) in [6.07, 6.45) is -3.07. The SMILES string of the molecule is CCOC(=O)c1cc([C@@H]2OC[C@H](NC(=S)N[C@H]3CO[C@@H](c4cc(C(C)=O)c(C)[nH]4)[C@@H]3OC(C)=O)[C@H]2OC(C)=O)oc1C. The molecule has 2 fully saturated rings. The molecule has 4 heterocycles. The van der Waals surface area contributed by atoms with Crippen LogP contribution in [0.15, 0.2) is 16.5 Å². The van der Waals surface area contributed by atoms with E-state index in [0.29, 0.717) is 28.5 Å². The van der Waals surface area contributed by atoms with Gasteiger partial charge in [-0.2, -0.15) is 0 Å². The Balaban J connectivity index is 1.47.